The van der Waals surface area contributed by atoms with Crippen LogP contribution in [0.5, 0.6) is 0 Å². The molecule has 10 heteroatoms. The van der Waals surface area contributed by atoms with Crippen molar-refractivity contribution in [2.45, 2.75) is 32.7 Å². The van der Waals surface area contributed by atoms with E-state index in [2.05, 4.69) is 26.8 Å². The number of nitrogens with zero attached hydrogens (tertiary/aromatic N) is 5. The molecule has 2 aliphatic heterocycles. The van der Waals surface area contributed by atoms with E-state index in [0.717, 1.165) is 24.0 Å². The maximum atomic E-state index is 14.2. The van der Waals surface area contributed by atoms with Crippen LogP contribution in [0.2, 0.25) is 0 Å². The van der Waals surface area contributed by atoms with Gasteiger partial charge < -0.3 is 10.3 Å². The third kappa shape index (κ3) is 4.35. The number of halogens is 1. The lowest BCUT2D eigenvalue weighted by Gasteiger charge is -2.20. The Balaban J connectivity index is 1.32. The number of nitrogens with one attached hydrogen (secondary N) is 2. The Kier molecular flexibility index (Phi) is 5.73. The van der Waals surface area contributed by atoms with Crippen LogP contribution in [0.15, 0.2) is 30.5 Å². The van der Waals surface area contributed by atoms with Gasteiger partial charge >= 0.3 is 0 Å². The summed E-state index contributed by atoms with van der Waals surface area (Å²) >= 11 is 0. The molecule has 1 saturated heterocycles. The highest BCUT2D eigenvalue weighted by molar-refractivity contribution is 6.02. The molecule has 3 aliphatic rings. The zero-order chi connectivity index (χ0) is 24.7. The third-order valence-electron chi connectivity index (χ3n) is 6.80. The second kappa shape index (κ2) is 8.74. The Hall–Kier alpha value is -3.84. The molecule has 1 aliphatic carbocycles. The van der Waals surface area contributed by atoms with E-state index >= 15 is 0 Å². The lowest BCUT2D eigenvalue weighted by molar-refractivity contribution is -0.123. The zero-order valence-corrected chi connectivity index (χ0v) is 19.6. The average molecular weight is 476 g/mol. The number of carbonyl (C=O) groups is 2. The van der Waals surface area contributed by atoms with Gasteiger partial charge in [-0.2, -0.15) is 5.26 Å². The largest absolute Gasteiger partial charge is 0.345 e. The van der Waals surface area contributed by atoms with Gasteiger partial charge in [-0.1, -0.05) is 0 Å². The second-order valence-electron chi connectivity index (χ2n) is 9.39. The summed E-state index contributed by atoms with van der Waals surface area (Å²) in [5.41, 5.74) is 4.96. The highest BCUT2D eigenvalue weighted by Crippen LogP contribution is 2.51. The number of nitriles is 1. The topological polar surface area (TPSA) is 114 Å². The molecule has 3 heterocycles. The lowest BCUT2D eigenvalue weighted by atomic mass is 9.83. The molecule has 5 rings (SSSR count). The van der Waals surface area contributed by atoms with Crippen molar-refractivity contribution in [1.82, 2.24) is 25.7 Å². The number of anilines is 1. The van der Waals surface area contributed by atoms with Gasteiger partial charge in [-0.25, -0.2) is 19.8 Å². The average Bonchev–Trinajstić information content (AvgIpc) is 3.50. The summed E-state index contributed by atoms with van der Waals surface area (Å²) in [4.78, 5) is 36.1. The summed E-state index contributed by atoms with van der Waals surface area (Å²) in [5, 5.41) is 14.3. The first-order chi connectivity index (χ1) is 16.8. The molecular formula is C25H26FN7O2. The molecule has 2 amide bonds. The number of hydrazine groups is 1. The monoisotopic (exact) mass is 475 g/mol. The molecule has 2 N–H and O–H groups in total. The summed E-state index contributed by atoms with van der Waals surface area (Å²) in [6.07, 6.45) is 4.12. The van der Waals surface area contributed by atoms with Gasteiger partial charge in [-0.15, -0.1) is 0 Å². The fraction of sp³-hybridized carbons (Fsp3) is 0.400. The third-order valence-corrected chi connectivity index (χ3v) is 6.80. The van der Waals surface area contributed by atoms with E-state index in [-0.39, 0.29) is 30.0 Å². The molecule has 1 aromatic heterocycles. The van der Waals surface area contributed by atoms with Crippen LogP contribution in [-0.2, 0) is 11.3 Å². The van der Waals surface area contributed by atoms with Gasteiger partial charge in [0.05, 0.1) is 6.07 Å². The van der Waals surface area contributed by atoms with E-state index in [1.165, 1.54) is 17.0 Å². The lowest BCUT2D eigenvalue weighted by Crippen LogP contribution is -2.36. The van der Waals surface area contributed by atoms with Crippen LogP contribution in [0.25, 0.3) is 5.57 Å². The summed E-state index contributed by atoms with van der Waals surface area (Å²) in [6.45, 7) is 2.79. The first kappa shape index (κ1) is 22.9. The molecule has 0 radical (unpaired) electrons. The number of carbonyl (C=O) groups excluding carboxylic acids is 2. The van der Waals surface area contributed by atoms with Crippen LogP contribution < -0.4 is 15.6 Å². The minimum absolute atomic E-state index is 0.0744. The Morgan fingerprint density at radius 2 is 2.11 bits per heavy atom. The van der Waals surface area contributed by atoms with E-state index in [1.54, 1.807) is 13.0 Å². The molecule has 2 fully saturated rings. The highest BCUT2D eigenvalue weighted by atomic mass is 19.1. The van der Waals surface area contributed by atoms with Crippen molar-refractivity contribution < 1.29 is 14.0 Å². The molecule has 1 aromatic carbocycles. The van der Waals surface area contributed by atoms with E-state index in [4.69, 9.17) is 0 Å². The van der Waals surface area contributed by atoms with Crippen molar-refractivity contribution in [1.29, 1.82) is 5.26 Å². The summed E-state index contributed by atoms with van der Waals surface area (Å²) in [7, 11) is 1.87. The Morgan fingerprint density at radius 3 is 2.80 bits per heavy atom. The summed E-state index contributed by atoms with van der Waals surface area (Å²) in [6, 6.07) is 8.58. The minimum atomic E-state index is -0.991. The number of benzene rings is 1. The van der Waals surface area contributed by atoms with E-state index in [9.17, 15) is 19.2 Å². The van der Waals surface area contributed by atoms with Crippen LogP contribution in [-0.4, -0.2) is 46.9 Å². The smallest absolute Gasteiger partial charge is 0.289 e. The number of rotatable bonds is 6. The molecule has 0 bridgehead atoms. The van der Waals surface area contributed by atoms with Gasteiger partial charge in [0.15, 0.2) is 0 Å². The number of amides is 2. The van der Waals surface area contributed by atoms with Crippen molar-refractivity contribution in [2.24, 2.45) is 11.3 Å². The van der Waals surface area contributed by atoms with Crippen LogP contribution in [0.4, 0.5) is 10.2 Å². The fourth-order valence-electron chi connectivity index (χ4n) is 4.81. The predicted octanol–water partition coefficient (Wildman–Crippen LogP) is 2.30. The molecule has 1 atom stereocenters. The van der Waals surface area contributed by atoms with Crippen molar-refractivity contribution in [2.75, 3.05) is 25.0 Å². The summed E-state index contributed by atoms with van der Waals surface area (Å²) < 4.78 is 14.2. The Bertz CT molecular complexity index is 1280. The van der Waals surface area contributed by atoms with Crippen LogP contribution in [0.3, 0.4) is 0 Å². The summed E-state index contributed by atoms with van der Waals surface area (Å²) in [5.74, 6) is -0.815. The minimum Gasteiger partial charge on any atom is -0.345 e. The zero-order valence-electron chi connectivity index (χ0n) is 19.6. The Morgan fingerprint density at radius 1 is 1.31 bits per heavy atom. The molecule has 35 heavy (non-hydrogen) atoms. The van der Waals surface area contributed by atoms with E-state index in [1.807, 2.05) is 24.3 Å². The number of aromatic nitrogens is 2. The first-order valence-electron chi connectivity index (χ1n) is 11.6. The van der Waals surface area contributed by atoms with Gasteiger partial charge in [-0.05, 0) is 67.0 Å². The standard InChI is InChI=1S/C25H26FN7O2/c1-15-7-21(33-6-5-25(14-27,24(33)35)19-3-4-19)31-22(30-15)23(34)28-11-16-8-17(10-20(26)9-16)18-12-29-32(2)13-18/h7-10,13,19,29H,3-6,11-12H2,1-2H3,(H,28,34)/t25-/m1/s1. The van der Waals surface area contributed by atoms with Gasteiger partial charge in [0.25, 0.3) is 5.91 Å². The number of hydrogen-bond acceptors (Lipinski definition) is 7. The highest BCUT2D eigenvalue weighted by Gasteiger charge is 2.57. The van der Waals surface area contributed by atoms with Gasteiger partial charge in [0, 0.05) is 44.6 Å². The van der Waals surface area contributed by atoms with Crippen molar-refractivity contribution in [3.63, 3.8) is 0 Å². The van der Waals surface area contributed by atoms with Gasteiger partial charge in [0.1, 0.15) is 17.1 Å². The van der Waals surface area contributed by atoms with Crippen LogP contribution in [0, 0.1) is 35.4 Å². The second-order valence-corrected chi connectivity index (χ2v) is 9.39. The normalized spacial score (nSPS) is 21.8. The van der Waals surface area contributed by atoms with E-state index in [0.29, 0.717) is 36.6 Å². The SMILES string of the molecule is Cc1cc(N2CC[C@@](C#N)(C3CC3)C2=O)nc(C(=O)NCc2cc(F)cc(C3=CN(C)NC3)c2)n1. The van der Waals surface area contributed by atoms with Gasteiger partial charge in [-0.3, -0.25) is 14.5 Å². The quantitative estimate of drug-likeness (QED) is 0.659. The molecular weight excluding hydrogens is 449 g/mol. The molecule has 0 spiro atoms. The van der Waals surface area contributed by atoms with Crippen molar-refractivity contribution in [3.05, 3.63) is 58.9 Å². The van der Waals surface area contributed by atoms with Crippen LogP contribution >= 0.6 is 0 Å². The molecule has 9 nitrogen and oxygen atoms in total. The predicted molar refractivity (Wildman–Crippen MR) is 126 cm³/mol. The number of hydrogen-bond donors (Lipinski definition) is 2. The maximum absolute atomic E-state index is 14.2. The Labute approximate surface area is 202 Å². The molecule has 1 saturated carbocycles. The van der Waals surface area contributed by atoms with Crippen molar-refractivity contribution in [3.8, 4) is 6.07 Å². The molecule has 2 aromatic rings. The van der Waals surface area contributed by atoms with Crippen molar-refractivity contribution >= 4 is 23.2 Å². The molecule has 0 unspecified atom stereocenters. The first-order valence-corrected chi connectivity index (χ1v) is 11.6. The fourth-order valence-corrected chi connectivity index (χ4v) is 4.81. The van der Waals surface area contributed by atoms with Crippen LogP contribution in [0.1, 0.15) is 46.7 Å². The van der Waals surface area contributed by atoms with Gasteiger partial charge in [0.2, 0.25) is 11.7 Å². The van der Waals surface area contributed by atoms with E-state index < -0.39 is 11.3 Å². The number of aryl methyl sites for hydroxylation is 1. The maximum Gasteiger partial charge on any atom is 0.289 e. The molecule has 180 valence electrons.